The lowest BCUT2D eigenvalue weighted by molar-refractivity contribution is 0.0176. The molecular formula is C17H15N5O3S. The average molecular weight is 369 g/mol. The van der Waals surface area contributed by atoms with E-state index in [9.17, 15) is 9.59 Å². The summed E-state index contributed by atoms with van der Waals surface area (Å²) in [4.78, 5) is 34.0. The molecule has 4 rings (SSSR count). The monoisotopic (exact) mass is 369 g/mol. The van der Waals surface area contributed by atoms with Crippen LogP contribution < -0.4 is 0 Å². The summed E-state index contributed by atoms with van der Waals surface area (Å²) in [5, 5.41) is 8.99. The van der Waals surface area contributed by atoms with E-state index in [1.807, 2.05) is 12.1 Å². The van der Waals surface area contributed by atoms with Crippen molar-refractivity contribution in [3.05, 3.63) is 53.1 Å². The van der Waals surface area contributed by atoms with E-state index in [2.05, 4.69) is 15.1 Å². The maximum Gasteiger partial charge on any atom is 0.294 e. The van der Waals surface area contributed by atoms with Crippen molar-refractivity contribution < 1.29 is 14.1 Å². The molecule has 0 bridgehead atoms. The van der Waals surface area contributed by atoms with Crippen LogP contribution in [0.2, 0.25) is 0 Å². The van der Waals surface area contributed by atoms with E-state index in [1.54, 1.807) is 30.8 Å². The van der Waals surface area contributed by atoms with Crippen LogP contribution in [0, 0.1) is 6.92 Å². The van der Waals surface area contributed by atoms with E-state index < -0.39 is 0 Å². The van der Waals surface area contributed by atoms with Crippen molar-refractivity contribution in [2.45, 2.75) is 13.3 Å². The van der Waals surface area contributed by atoms with Gasteiger partial charge >= 0.3 is 0 Å². The number of hydrogen-bond acceptors (Lipinski definition) is 7. The summed E-state index contributed by atoms with van der Waals surface area (Å²) in [6.45, 7) is 2.63. The number of aromatic nitrogens is 3. The van der Waals surface area contributed by atoms with Crippen molar-refractivity contribution in [2.75, 3.05) is 13.1 Å². The van der Waals surface area contributed by atoms with E-state index in [-0.39, 0.29) is 17.5 Å². The van der Waals surface area contributed by atoms with Crippen LogP contribution in [0.1, 0.15) is 33.2 Å². The molecule has 0 spiro atoms. The minimum Gasteiger partial charge on any atom is -0.361 e. The van der Waals surface area contributed by atoms with E-state index in [1.165, 1.54) is 21.4 Å². The fraction of sp³-hybridized carbons (Fsp3) is 0.235. The summed E-state index contributed by atoms with van der Waals surface area (Å²) in [7, 11) is 0. The number of thiazole rings is 1. The van der Waals surface area contributed by atoms with Crippen molar-refractivity contribution >= 4 is 23.2 Å². The predicted molar refractivity (Wildman–Crippen MR) is 93.3 cm³/mol. The molecule has 0 N–H and O–H groups in total. The zero-order chi connectivity index (χ0) is 18.1. The third kappa shape index (κ3) is 2.97. The third-order valence-corrected chi connectivity index (χ3v) is 4.87. The Kier molecular flexibility index (Phi) is 4.21. The van der Waals surface area contributed by atoms with E-state index in [4.69, 9.17) is 4.52 Å². The van der Waals surface area contributed by atoms with Gasteiger partial charge in [0.05, 0.1) is 0 Å². The zero-order valence-corrected chi connectivity index (χ0v) is 14.8. The molecule has 1 aliphatic rings. The lowest BCUT2D eigenvalue weighted by Gasteiger charge is -2.26. The van der Waals surface area contributed by atoms with Crippen molar-refractivity contribution in [3.63, 3.8) is 0 Å². The molecule has 0 saturated carbocycles. The first-order valence-corrected chi connectivity index (χ1v) is 8.94. The molecule has 4 heterocycles. The normalized spacial score (nSPS) is 14.0. The number of aryl methyl sites for hydroxylation is 1. The lowest BCUT2D eigenvalue weighted by atomic mass is 10.3. The number of hydrogen-bond donors (Lipinski definition) is 0. The fourth-order valence-electron chi connectivity index (χ4n) is 2.76. The Morgan fingerprint density at radius 2 is 1.96 bits per heavy atom. The molecule has 26 heavy (non-hydrogen) atoms. The first-order valence-electron chi connectivity index (χ1n) is 8.06. The second-order valence-electron chi connectivity index (χ2n) is 5.81. The highest BCUT2D eigenvalue weighted by atomic mass is 32.1. The Morgan fingerprint density at radius 1 is 1.19 bits per heavy atom. The van der Waals surface area contributed by atoms with Gasteiger partial charge in [0.2, 0.25) is 0 Å². The molecule has 0 aromatic carbocycles. The van der Waals surface area contributed by atoms with Crippen LogP contribution in [-0.4, -0.2) is 50.0 Å². The highest BCUT2D eigenvalue weighted by molar-refractivity contribution is 7.13. The van der Waals surface area contributed by atoms with Gasteiger partial charge in [-0.2, -0.15) is 0 Å². The van der Waals surface area contributed by atoms with E-state index in [0.717, 1.165) is 5.56 Å². The number of amides is 2. The molecule has 3 aromatic heterocycles. The molecular weight excluding hydrogens is 354 g/mol. The predicted octanol–water partition coefficient (Wildman–Crippen LogP) is 2.40. The molecule has 2 amide bonds. The Bertz CT molecular complexity index is 952. The van der Waals surface area contributed by atoms with Crippen molar-refractivity contribution in [1.82, 2.24) is 25.1 Å². The van der Waals surface area contributed by atoms with Gasteiger partial charge in [-0.1, -0.05) is 5.16 Å². The van der Waals surface area contributed by atoms with Crippen LogP contribution >= 0.6 is 11.3 Å². The number of pyridine rings is 1. The van der Waals surface area contributed by atoms with Gasteiger partial charge in [-0.3, -0.25) is 14.6 Å². The second kappa shape index (κ2) is 6.68. The number of carbonyl (C=O) groups excluding carboxylic acids is 2. The number of carbonyl (C=O) groups is 2. The van der Waals surface area contributed by atoms with E-state index >= 15 is 0 Å². The minimum absolute atomic E-state index is 0.191. The van der Waals surface area contributed by atoms with Gasteiger partial charge in [-0.05, 0) is 25.5 Å². The van der Waals surface area contributed by atoms with Crippen molar-refractivity contribution in [3.8, 4) is 10.6 Å². The van der Waals surface area contributed by atoms with Gasteiger partial charge in [0.1, 0.15) is 16.5 Å². The first kappa shape index (κ1) is 16.4. The van der Waals surface area contributed by atoms with Crippen molar-refractivity contribution in [1.29, 1.82) is 0 Å². The molecule has 0 radical (unpaired) electrons. The summed E-state index contributed by atoms with van der Waals surface area (Å²) in [6.07, 6.45) is 4.09. The Balaban J connectivity index is 1.56. The standard InChI is InChI=1S/C17H15N5O3S/c1-11-8-13(20-25-11)16(23)21-6-3-7-22(21)17(24)14-10-26-15(19-14)12-4-2-5-18-9-12/h2,4-5,8-10H,3,6-7H2,1H3. The highest BCUT2D eigenvalue weighted by Crippen LogP contribution is 2.25. The number of hydrazine groups is 1. The van der Waals surface area contributed by atoms with Crippen LogP contribution in [0.15, 0.2) is 40.5 Å². The SMILES string of the molecule is Cc1cc(C(=O)N2CCCN2C(=O)c2csc(-c3cccnc3)n2)no1. The Labute approximate surface area is 153 Å². The summed E-state index contributed by atoms with van der Waals surface area (Å²) < 4.78 is 4.96. The number of nitrogens with zero attached hydrogens (tertiary/aromatic N) is 5. The smallest absolute Gasteiger partial charge is 0.294 e. The van der Waals surface area contributed by atoms with Gasteiger partial charge in [-0.25, -0.2) is 15.0 Å². The van der Waals surface area contributed by atoms with Crippen LogP contribution in [0.5, 0.6) is 0 Å². The molecule has 3 aromatic rings. The molecule has 0 unspecified atom stereocenters. The molecule has 1 saturated heterocycles. The molecule has 9 heteroatoms. The largest absolute Gasteiger partial charge is 0.361 e. The van der Waals surface area contributed by atoms with Gasteiger partial charge in [-0.15, -0.1) is 11.3 Å². The van der Waals surface area contributed by atoms with Crippen LogP contribution in [0.3, 0.4) is 0 Å². The zero-order valence-electron chi connectivity index (χ0n) is 14.0. The van der Waals surface area contributed by atoms with E-state index in [0.29, 0.717) is 36.0 Å². The topological polar surface area (TPSA) is 92.4 Å². The Hall–Kier alpha value is -3.07. The summed E-state index contributed by atoms with van der Waals surface area (Å²) in [6, 6.07) is 5.27. The molecule has 1 fully saturated rings. The van der Waals surface area contributed by atoms with Gasteiger partial charge in [0.15, 0.2) is 5.69 Å². The molecule has 1 aliphatic heterocycles. The first-order chi connectivity index (χ1) is 12.6. The minimum atomic E-state index is -0.351. The fourth-order valence-corrected chi connectivity index (χ4v) is 3.54. The summed E-state index contributed by atoms with van der Waals surface area (Å²) >= 11 is 1.37. The Morgan fingerprint density at radius 3 is 2.62 bits per heavy atom. The molecule has 0 aliphatic carbocycles. The highest BCUT2D eigenvalue weighted by Gasteiger charge is 2.34. The van der Waals surface area contributed by atoms with Crippen LogP contribution in [0.25, 0.3) is 10.6 Å². The lowest BCUT2D eigenvalue weighted by Crippen LogP contribution is -2.45. The maximum absolute atomic E-state index is 12.9. The van der Waals surface area contributed by atoms with Crippen LogP contribution in [-0.2, 0) is 0 Å². The van der Waals surface area contributed by atoms with Gasteiger partial charge in [0.25, 0.3) is 11.8 Å². The summed E-state index contributed by atoms with van der Waals surface area (Å²) in [5.74, 6) is -0.107. The third-order valence-electron chi connectivity index (χ3n) is 3.98. The molecule has 132 valence electrons. The maximum atomic E-state index is 12.9. The average Bonchev–Trinajstić information content (AvgIpc) is 3.41. The van der Waals surface area contributed by atoms with Gasteiger partial charge in [0, 0.05) is 42.5 Å². The summed E-state index contributed by atoms with van der Waals surface area (Å²) in [5.41, 5.74) is 1.35. The molecule has 8 nitrogen and oxygen atoms in total. The quantitative estimate of drug-likeness (QED) is 0.704. The van der Waals surface area contributed by atoms with Crippen molar-refractivity contribution in [2.24, 2.45) is 0 Å². The number of rotatable bonds is 3. The van der Waals surface area contributed by atoms with Gasteiger partial charge < -0.3 is 4.52 Å². The molecule has 0 atom stereocenters. The van der Waals surface area contributed by atoms with Crippen LogP contribution in [0.4, 0.5) is 0 Å². The second-order valence-corrected chi connectivity index (χ2v) is 6.67.